The molecular weight excluding hydrogens is 302 g/mol. The van der Waals surface area contributed by atoms with Gasteiger partial charge in [-0.2, -0.15) is 0 Å². The van der Waals surface area contributed by atoms with Crippen LogP contribution in [0.5, 0.6) is 0 Å². The van der Waals surface area contributed by atoms with Gasteiger partial charge in [-0.25, -0.2) is 0 Å². The zero-order valence-electron chi connectivity index (χ0n) is 13.3. The van der Waals surface area contributed by atoms with Crippen molar-refractivity contribution in [1.82, 2.24) is 5.32 Å². The molecule has 4 rings (SSSR count). The standard InChI is InChI=1S/C19H23N3S/c1-2-8-17(9-3-1)22-19-11-5-4-10-18(19)21(23-22)14-12-16-7-6-13-20-15-16/h1-5,8-11,16,20H,6-7,12-15H2. The van der Waals surface area contributed by atoms with Gasteiger partial charge in [0, 0.05) is 6.54 Å². The molecule has 1 N–H and O–H groups in total. The monoisotopic (exact) mass is 325 g/mol. The number of rotatable bonds is 4. The largest absolute Gasteiger partial charge is 0.316 e. The van der Waals surface area contributed by atoms with Crippen molar-refractivity contribution in [1.29, 1.82) is 0 Å². The van der Waals surface area contributed by atoms with Gasteiger partial charge in [0.05, 0.1) is 29.2 Å². The van der Waals surface area contributed by atoms with Crippen LogP contribution in [0, 0.1) is 5.92 Å². The molecule has 2 aromatic carbocycles. The molecule has 1 atom stereocenters. The average molecular weight is 325 g/mol. The molecule has 2 heterocycles. The number of hydrogen-bond acceptors (Lipinski definition) is 4. The fraction of sp³-hybridized carbons (Fsp3) is 0.368. The van der Waals surface area contributed by atoms with Crippen molar-refractivity contribution in [2.24, 2.45) is 5.92 Å². The van der Waals surface area contributed by atoms with E-state index in [9.17, 15) is 0 Å². The molecular formula is C19H23N3S. The zero-order chi connectivity index (χ0) is 15.5. The fourth-order valence-electron chi connectivity index (χ4n) is 3.41. The van der Waals surface area contributed by atoms with Crippen molar-refractivity contribution in [2.45, 2.75) is 19.3 Å². The Morgan fingerprint density at radius 1 is 1.00 bits per heavy atom. The summed E-state index contributed by atoms with van der Waals surface area (Å²) in [5.41, 5.74) is 3.88. The summed E-state index contributed by atoms with van der Waals surface area (Å²) in [6, 6.07) is 19.4. The Morgan fingerprint density at radius 3 is 2.57 bits per heavy atom. The summed E-state index contributed by atoms with van der Waals surface area (Å²) >= 11 is 1.83. The van der Waals surface area contributed by atoms with Gasteiger partial charge in [0.25, 0.3) is 0 Å². The van der Waals surface area contributed by atoms with E-state index in [0.717, 1.165) is 12.5 Å². The predicted molar refractivity (Wildman–Crippen MR) is 100 cm³/mol. The first-order valence-electron chi connectivity index (χ1n) is 8.52. The lowest BCUT2D eigenvalue weighted by atomic mass is 9.96. The maximum atomic E-state index is 3.53. The van der Waals surface area contributed by atoms with E-state index >= 15 is 0 Å². The summed E-state index contributed by atoms with van der Waals surface area (Å²) in [5.74, 6) is 0.822. The highest BCUT2D eigenvalue weighted by atomic mass is 32.2. The van der Waals surface area contributed by atoms with E-state index in [1.165, 1.54) is 49.4 Å². The summed E-state index contributed by atoms with van der Waals surface area (Å²) < 4.78 is 4.80. The van der Waals surface area contributed by atoms with Gasteiger partial charge in [-0.3, -0.25) is 8.61 Å². The van der Waals surface area contributed by atoms with Crippen LogP contribution in [0.3, 0.4) is 0 Å². The Labute approximate surface area is 142 Å². The molecule has 4 heteroatoms. The number of nitrogens with one attached hydrogen (secondary N) is 1. The van der Waals surface area contributed by atoms with Crippen LogP contribution < -0.4 is 13.9 Å². The third-order valence-electron chi connectivity index (χ3n) is 4.68. The molecule has 23 heavy (non-hydrogen) atoms. The second kappa shape index (κ2) is 6.85. The van der Waals surface area contributed by atoms with E-state index in [2.05, 4.69) is 68.5 Å². The molecule has 0 bridgehead atoms. The molecule has 0 spiro atoms. The lowest BCUT2D eigenvalue weighted by Gasteiger charge is -2.25. The van der Waals surface area contributed by atoms with E-state index in [1.54, 1.807) is 0 Å². The first-order chi connectivity index (χ1) is 11.4. The second-order valence-electron chi connectivity index (χ2n) is 6.30. The lowest BCUT2D eigenvalue weighted by Crippen LogP contribution is -2.31. The molecule has 2 aliphatic rings. The minimum absolute atomic E-state index is 0.822. The van der Waals surface area contributed by atoms with Gasteiger partial charge in [-0.1, -0.05) is 30.3 Å². The predicted octanol–water partition coefficient (Wildman–Crippen LogP) is 4.60. The number of fused-ring (bicyclic) bond motifs is 1. The molecule has 0 amide bonds. The van der Waals surface area contributed by atoms with Gasteiger partial charge in [-0.05, 0) is 62.5 Å². The molecule has 0 radical (unpaired) electrons. The Morgan fingerprint density at radius 2 is 1.78 bits per heavy atom. The molecule has 1 saturated heterocycles. The van der Waals surface area contributed by atoms with Crippen molar-refractivity contribution in [3.8, 4) is 0 Å². The first-order valence-corrected chi connectivity index (χ1v) is 9.25. The van der Waals surface area contributed by atoms with E-state index in [1.807, 2.05) is 12.1 Å². The number of hydrogen-bond donors (Lipinski definition) is 1. The van der Waals surface area contributed by atoms with Gasteiger partial charge >= 0.3 is 0 Å². The van der Waals surface area contributed by atoms with Crippen molar-refractivity contribution in [2.75, 3.05) is 28.2 Å². The Bertz CT molecular complexity index is 640. The van der Waals surface area contributed by atoms with Gasteiger partial charge in [0.15, 0.2) is 0 Å². The number of anilines is 3. The quantitative estimate of drug-likeness (QED) is 0.828. The second-order valence-corrected chi connectivity index (χ2v) is 7.27. The molecule has 1 unspecified atom stereocenters. The van der Waals surface area contributed by atoms with Crippen molar-refractivity contribution in [3.63, 3.8) is 0 Å². The maximum absolute atomic E-state index is 3.53. The smallest absolute Gasteiger partial charge is 0.0784 e. The van der Waals surface area contributed by atoms with Crippen molar-refractivity contribution in [3.05, 3.63) is 54.6 Å². The molecule has 0 aromatic heterocycles. The molecule has 0 aliphatic carbocycles. The molecule has 120 valence electrons. The van der Waals surface area contributed by atoms with E-state index in [0.29, 0.717) is 0 Å². The summed E-state index contributed by atoms with van der Waals surface area (Å²) in [6.45, 7) is 3.49. The number of nitrogens with zero attached hydrogens (tertiary/aromatic N) is 2. The van der Waals surface area contributed by atoms with Crippen LogP contribution >= 0.6 is 12.1 Å². The Hall–Kier alpha value is -1.65. The van der Waals surface area contributed by atoms with E-state index in [-0.39, 0.29) is 0 Å². The maximum Gasteiger partial charge on any atom is 0.0784 e. The number of piperidine rings is 1. The minimum atomic E-state index is 0.822. The average Bonchev–Trinajstić information content (AvgIpc) is 3.01. The van der Waals surface area contributed by atoms with E-state index < -0.39 is 0 Å². The topological polar surface area (TPSA) is 18.5 Å². The summed E-state index contributed by atoms with van der Waals surface area (Å²) in [6.07, 6.45) is 3.96. The summed E-state index contributed by atoms with van der Waals surface area (Å²) in [4.78, 5) is 0. The van der Waals surface area contributed by atoms with Gasteiger partial charge < -0.3 is 5.32 Å². The van der Waals surface area contributed by atoms with Gasteiger partial charge in [0.1, 0.15) is 0 Å². The van der Waals surface area contributed by atoms with Crippen LogP contribution in [0.4, 0.5) is 17.1 Å². The minimum Gasteiger partial charge on any atom is -0.316 e. The molecule has 1 fully saturated rings. The molecule has 3 nitrogen and oxygen atoms in total. The van der Waals surface area contributed by atoms with Crippen LogP contribution in [0.25, 0.3) is 0 Å². The normalized spacial score (nSPS) is 20.6. The van der Waals surface area contributed by atoms with Crippen LogP contribution in [0.1, 0.15) is 19.3 Å². The van der Waals surface area contributed by atoms with Crippen LogP contribution in [-0.2, 0) is 0 Å². The third kappa shape index (κ3) is 3.19. The van der Waals surface area contributed by atoms with Crippen molar-refractivity contribution >= 4 is 29.2 Å². The van der Waals surface area contributed by atoms with E-state index in [4.69, 9.17) is 0 Å². The van der Waals surface area contributed by atoms with Crippen molar-refractivity contribution < 1.29 is 0 Å². The first kappa shape index (κ1) is 14.9. The Balaban J connectivity index is 1.50. The van der Waals surface area contributed by atoms with Gasteiger partial charge in [0.2, 0.25) is 0 Å². The number of para-hydroxylation sites is 3. The van der Waals surface area contributed by atoms with Gasteiger partial charge in [-0.15, -0.1) is 0 Å². The third-order valence-corrected chi connectivity index (χ3v) is 5.83. The molecule has 2 aromatic rings. The summed E-state index contributed by atoms with van der Waals surface area (Å²) in [7, 11) is 0. The van der Waals surface area contributed by atoms with Crippen LogP contribution in [-0.4, -0.2) is 19.6 Å². The lowest BCUT2D eigenvalue weighted by molar-refractivity contribution is 0.363. The van der Waals surface area contributed by atoms with Crippen LogP contribution in [0.2, 0.25) is 0 Å². The number of benzene rings is 2. The highest BCUT2D eigenvalue weighted by molar-refractivity contribution is 8.02. The Kier molecular flexibility index (Phi) is 4.44. The van der Waals surface area contributed by atoms with Crippen LogP contribution in [0.15, 0.2) is 54.6 Å². The SMILES string of the molecule is c1ccc(N2SN(CCC3CCCNC3)c3ccccc32)cc1. The molecule has 2 aliphatic heterocycles. The zero-order valence-corrected chi connectivity index (χ0v) is 14.1. The highest BCUT2D eigenvalue weighted by Crippen LogP contribution is 2.48. The fourth-order valence-corrected chi connectivity index (χ4v) is 4.50. The summed E-state index contributed by atoms with van der Waals surface area (Å²) in [5, 5.41) is 3.53. The highest BCUT2D eigenvalue weighted by Gasteiger charge is 2.28. The molecule has 0 saturated carbocycles.